The maximum Gasteiger partial charge on any atom is 0.277 e. The molecule has 32 heavy (non-hydrogen) atoms. The van der Waals surface area contributed by atoms with Crippen molar-refractivity contribution in [2.24, 2.45) is 4.99 Å². The average molecular weight is 439 g/mol. The van der Waals surface area contributed by atoms with Crippen molar-refractivity contribution in [3.63, 3.8) is 0 Å². The number of amides is 2. The summed E-state index contributed by atoms with van der Waals surface area (Å²) in [6, 6.07) is 17.2. The molecule has 2 aromatic carbocycles. The third-order valence-corrected chi connectivity index (χ3v) is 4.69. The predicted octanol–water partition coefficient (Wildman–Crippen LogP) is 2.29. The van der Waals surface area contributed by atoms with Gasteiger partial charge in [-0.15, -0.1) is 0 Å². The summed E-state index contributed by atoms with van der Waals surface area (Å²) < 4.78 is 5.99. The minimum absolute atomic E-state index is 0.00513. The Morgan fingerprint density at radius 1 is 1.22 bits per heavy atom. The van der Waals surface area contributed by atoms with Gasteiger partial charge in [0.2, 0.25) is 6.41 Å². The molecule has 0 aliphatic heterocycles. The summed E-state index contributed by atoms with van der Waals surface area (Å²) in [4.78, 5) is 31.5. The van der Waals surface area contributed by atoms with Crippen LogP contribution in [-0.4, -0.2) is 60.9 Å². The van der Waals surface area contributed by atoms with Crippen LogP contribution >= 0.6 is 0 Å². The first kappa shape index (κ1) is 24.6. The highest BCUT2D eigenvalue weighted by Crippen LogP contribution is 2.20. The van der Waals surface area contributed by atoms with Gasteiger partial charge in [-0.3, -0.25) is 14.9 Å². The van der Waals surface area contributed by atoms with Gasteiger partial charge in [0.05, 0.1) is 0 Å². The van der Waals surface area contributed by atoms with Crippen molar-refractivity contribution >= 4 is 19.0 Å². The number of carbonyl (C=O) groups excluding carboxylic acids is 2. The van der Waals surface area contributed by atoms with E-state index in [0.29, 0.717) is 31.7 Å². The molecule has 0 aliphatic carbocycles. The van der Waals surface area contributed by atoms with E-state index in [2.05, 4.69) is 17.0 Å². The van der Waals surface area contributed by atoms with Crippen molar-refractivity contribution in [3.8, 4) is 5.75 Å². The Bertz CT molecular complexity index is 931. The van der Waals surface area contributed by atoms with Gasteiger partial charge in [-0.25, -0.2) is 4.99 Å². The van der Waals surface area contributed by atoms with Crippen LogP contribution in [0, 0.1) is 6.92 Å². The number of imide groups is 1. The molecule has 0 aromatic heterocycles. The zero-order valence-electron chi connectivity index (χ0n) is 18.5. The van der Waals surface area contributed by atoms with Gasteiger partial charge < -0.3 is 19.6 Å². The number of nitrogens with zero attached hydrogens (tertiary/aromatic N) is 3. The molecule has 2 N–H and O–H groups in total. The maximum absolute atomic E-state index is 13.0. The largest absolute Gasteiger partial charge is 0.473 e. The van der Waals surface area contributed by atoms with Crippen LogP contribution < -0.4 is 10.1 Å². The highest BCUT2D eigenvalue weighted by Gasteiger charge is 2.25. The van der Waals surface area contributed by atoms with E-state index >= 15 is 0 Å². The standard InChI is InChI=1S/C24H30N4O4/c1-19-9-7-12-21(15-19)32-18-28(16-20-10-5-4-6-11-20)22(24(31)26-17-30)23(25-2)27(3)13-8-14-29/h4-7,9-12,15,17,29H,2,8,13-14,16,18H2,1,3H3,(H,26,30,31)/b23-22+. The highest BCUT2D eigenvalue weighted by atomic mass is 16.5. The van der Waals surface area contributed by atoms with E-state index in [1.807, 2.05) is 61.5 Å². The number of rotatable bonds is 13. The molecule has 2 aromatic rings. The quantitative estimate of drug-likeness (QED) is 0.216. The number of aryl methyl sites for hydroxylation is 1. The zero-order valence-corrected chi connectivity index (χ0v) is 18.5. The maximum atomic E-state index is 13.0. The van der Waals surface area contributed by atoms with Crippen LogP contribution in [0.2, 0.25) is 0 Å². The van der Waals surface area contributed by atoms with Gasteiger partial charge in [0.25, 0.3) is 5.91 Å². The van der Waals surface area contributed by atoms with Crippen LogP contribution in [0.1, 0.15) is 17.5 Å². The van der Waals surface area contributed by atoms with E-state index in [1.54, 1.807) is 16.8 Å². The summed E-state index contributed by atoms with van der Waals surface area (Å²) >= 11 is 0. The van der Waals surface area contributed by atoms with Crippen molar-refractivity contribution in [2.45, 2.75) is 19.9 Å². The number of ether oxygens (including phenoxy) is 1. The van der Waals surface area contributed by atoms with Gasteiger partial charge in [0, 0.05) is 26.7 Å². The van der Waals surface area contributed by atoms with Crippen LogP contribution in [0.15, 0.2) is 71.1 Å². The van der Waals surface area contributed by atoms with Gasteiger partial charge in [0.15, 0.2) is 12.6 Å². The Morgan fingerprint density at radius 3 is 2.59 bits per heavy atom. The fourth-order valence-corrected chi connectivity index (χ4v) is 3.15. The molecule has 0 heterocycles. The average Bonchev–Trinajstić information content (AvgIpc) is 2.79. The van der Waals surface area contributed by atoms with Gasteiger partial charge in [-0.2, -0.15) is 0 Å². The van der Waals surface area contributed by atoms with E-state index in [1.165, 1.54) is 0 Å². The molecule has 0 saturated heterocycles. The number of carbonyl (C=O) groups is 2. The molecule has 0 bridgehead atoms. The Kier molecular flexibility index (Phi) is 9.93. The molecular formula is C24H30N4O4. The number of nitrogens with one attached hydrogen (secondary N) is 1. The van der Waals surface area contributed by atoms with Crippen LogP contribution in [0.25, 0.3) is 0 Å². The minimum atomic E-state index is -0.623. The van der Waals surface area contributed by atoms with Crippen molar-refractivity contribution in [3.05, 3.63) is 77.2 Å². The summed E-state index contributed by atoms with van der Waals surface area (Å²) in [5.74, 6) is 0.309. The van der Waals surface area contributed by atoms with E-state index in [-0.39, 0.29) is 24.9 Å². The van der Waals surface area contributed by atoms with Crippen LogP contribution in [0.4, 0.5) is 0 Å². The lowest BCUT2D eigenvalue weighted by atomic mass is 10.2. The van der Waals surface area contributed by atoms with Crippen molar-refractivity contribution in [1.82, 2.24) is 15.1 Å². The first-order valence-corrected chi connectivity index (χ1v) is 10.3. The van der Waals surface area contributed by atoms with Gasteiger partial charge in [-0.05, 0) is 43.3 Å². The fourth-order valence-electron chi connectivity index (χ4n) is 3.15. The molecule has 0 aliphatic rings. The summed E-state index contributed by atoms with van der Waals surface area (Å²) in [5.41, 5.74) is 2.13. The molecule has 0 fully saturated rings. The Labute approximate surface area is 188 Å². The molecule has 2 rings (SSSR count). The first-order valence-electron chi connectivity index (χ1n) is 10.3. The molecule has 0 unspecified atom stereocenters. The second kappa shape index (κ2) is 12.9. The predicted molar refractivity (Wildman–Crippen MR) is 124 cm³/mol. The van der Waals surface area contributed by atoms with Crippen molar-refractivity contribution < 1.29 is 19.4 Å². The molecule has 0 spiro atoms. The number of hydrogen-bond acceptors (Lipinski definition) is 7. The summed E-state index contributed by atoms with van der Waals surface area (Å²) in [5, 5.41) is 11.4. The Hall–Kier alpha value is -3.65. The van der Waals surface area contributed by atoms with E-state index < -0.39 is 5.91 Å². The van der Waals surface area contributed by atoms with Crippen LogP contribution in [-0.2, 0) is 16.1 Å². The third kappa shape index (κ3) is 7.24. The number of aliphatic hydroxyl groups excluding tert-OH is 1. The summed E-state index contributed by atoms with van der Waals surface area (Å²) in [7, 11) is 1.75. The van der Waals surface area contributed by atoms with E-state index in [4.69, 9.17) is 4.74 Å². The molecule has 0 saturated carbocycles. The Balaban J connectivity index is 2.47. The van der Waals surface area contributed by atoms with Gasteiger partial charge in [-0.1, -0.05) is 42.5 Å². The molecule has 170 valence electrons. The van der Waals surface area contributed by atoms with Gasteiger partial charge in [0.1, 0.15) is 11.4 Å². The van der Waals surface area contributed by atoms with E-state index in [0.717, 1.165) is 11.1 Å². The smallest absolute Gasteiger partial charge is 0.277 e. The number of benzene rings is 2. The van der Waals surface area contributed by atoms with E-state index in [9.17, 15) is 14.7 Å². The lowest BCUT2D eigenvalue weighted by molar-refractivity contribution is -0.124. The third-order valence-electron chi connectivity index (χ3n) is 4.69. The van der Waals surface area contributed by atoms with Crippen molar-refractivity contribution in [2.75, 3.05) is 26.9 Å². The zero-order chi connectivity index (χ0) is 23.3. The lowest BCUT2D eigenvalue weighted by Crippen LogP contribution is -2.39. The second-order valence-corrected chi connectivity index (χ2v) is 7.19. The normalized spacial score (nSPS) is 11.2. The number of aliphatic imine (C=N–C) groups is 1. The molecule has 8 nitrogen and oxygen atoms in total. The minimum Gasteiger partial charge on any atom is -0.473 e. The number of hydrogen-bond donors (Lipinski definition) is 2. The Morgan fingerprint density at radius 2 is 1.97 bits per heavy atom. The molecule has 0 atom stereocenters. The van der Waals surface area contributed by atoms with Crippen LogP contribution in [0.3, 0.4) is 0 Å². The topological polar surface area (TPSA) is 94.5 Å². The molecule has 2 amide bonds. The molecular weight excluding hydrogens is 408 g/mol. The van der Waals surface area contributed by atoms with Gasteiger partial charge >= 0.3 is 0 Å². The SMILES string of the molecule is C=N/C(=C(/C(=O)NC=O)N(COc1cccc(C)c1)Cc1ccccc1)N(C)CCCO. The second-order valence-electron chi connectivity index (χ2n) is 7.19. The monoisotopic (exact) mass is 438 g/mol. The van der Waals surface area contributed by atoms with Crippen molar-refractivity contribution in [1.29, 1.82) is 0 Å². The first-order chi connectivity index (χ1) is 15.5. The summed E-state index contributed by atoms with van der Waals surface area (Å²) in [6.45, 7) is 6.40. The number of aliphatic hydroxyl groups is 1. The molecule has 0 radical (unpaired) electrons. The molecule has 8 heteroatoms. The van der Waals surface area contributed by atoms with Crippen LogP contribution in [0.5, 0.6) is 5.75 Å². The summed E-state index contributed by atoms with van der Waals surface area (Å²) in [6.07, 6.45) is 0.815. The highest BCUT2D eigenvalue weighted by molar-refractivity contribution is 5.99. The fraction of sp³-hybridized carbons (Fsp3) is 0.292. The lowest BCUT2D eigenvalue weighted by Gasteiger charge is -2.30.